The van der Waals surface area contributed by atoms with E-state index in [0.717, 1.165) is 12.8 Å². The molecule has 0 atom stereocenters. The molecule has 1 saturated carbocycles. The molecule has 0 aliphatic heterocycles. The van der Waals surface area contributed by atoms with Gasteiger partial charge in [-0.25, -0.2) is 5.48 Å². The molecule has 1 aliphatic carbocycles. The molecular weight excluding hydrogens is 154 g/mol. The van der Waals surface area contributed by atoms with Crippen LogP contribution in [-0.4, -0.2) is 12.5 Å². The highest BCUT2D eigenvalue weighted by Gasteiger charge is 2.31. The van der Waals surface area contributed by atoms with Crippen LogP contribution in [0.2, 0.25) is 0 Å². The molecule has 0 bridgehead atoms. The smallest absolute Gasteiger partial charge is 0.246 e. The molecule has 0 aromatic rings. The van der Waals surface area contributed by atoms with Crippen LogP contribution in [0.15, 0.2) is 0 Å². The van der Waals surface area contributed by atoms with Gasteiger partial charge in [-0.1, -0.05) is 12.8 Å². The molecule has 1 rings (SSSR count). The van der Waals surface area contributed by atoms with E-state index in [1.807, 2.05) is 0 Å². The van der Waals surface area contributed by atoms with E-state index in [0.29, 0.717) is 5.92 Å². The van der Waals surface area contributed by atoms with E-state index in [9.17, 15) is 4.79 Å². The van der Waals surface area contributed by atoms with Crippen molar-refractivity contribution in [1.29, 1.82) is 0 Å². The van der Waals surface area contributed by atoms with Crippen LogP contribution in [0.3, 0.4) is 0 Å². The number of nitrogens with one attached hydrogen (secondary N) is 1. The van der Waals surface area contributed by atoms with Crippen molar-refractivity contribution < 1.29 is 9.63 Å². The van der Waals surface area contributed by atoms with E-state index in [2.05, 4.69) is 18.3 Å². The lowest BCUT2D eigenvalue weighted by Gasteiger charge is -2.30. The predicted octanol–water partition coefficient (Wildman–Crippen LogP) is 0.714. The zero-order valence-electron chi connectivity index (χ0n) is 7.17. The molecule has 0 saturated heterocycles. The largest absolute Gasteiger partial charge is 0.272 e. The molecule has 0 radical (unpaired) electrons. The second-order valence-electron chi connectivity index (χ2n) is 3.23. The lowest BCUT2D eigenvalue weighted by molar-refractivity contribution is -0.140. The first kappa shape index (κ1) is 9.08. The summed E-state index contributed by atoms with van der Waals surface area (Å²) in [6, 6.07) is 0. The Bertz CT molecular complexity index is 201. The maximum Gasteiger partial charge on any atom is 0.246 e. The first-order valence-corrected chi connectivity index (χ1v) is 4.09. The number of hydroxylamine groups is 1. The lowest BCUT2D eigenvalue weighted by atomic mass is 9.76. The zero-order valence-corrected chi connectivity index (χ0v) is 7.17. The Labute approximate surface area is 72.4 Å². The highest BCUT2D eigenvalue weighted by atomic mass is 16.6. The normalized spacial score (nSPS) is 27.0. The van der Waals surface area contributed by atoms with E-state index in [1.54, 1.807) is 0 Å². The van der Waals surface area contributed by atoms with Crippen molar-refractivity contribution in [3.8, 4) is 12.3 Å². The van der Waals surface area contributed by atoms with Crippen LogP contribution in [0, 0.1) is 24.2 Å². The van der Waals surface area contributed by atoms with Crippen molar-refractivity contribution in [2.75, 3.05) is 6.61 Å². The molecule has 3 nitrogen and oxygen atoms in total. The summed E-state index contributed by atoms with van der Waals surface area (Å²) >= 11 is 0. The van der Waals surface area contributed by atoms with Gasteiger partial charge in [-0.3, -0.25) is 9.63 Å². The van der Waals surface area contributed by atoms with Crippen LogP contribution in [0.1, 0.15) is 19.8 Å². The first-order chi connectivity index (χ1) is 5.74. The van der Waals surface area contributed by atoms with Gasteiger partial charge in [0.15, 0.2) is 0 Å². The van der Waals surface area contributed by atoms with Crippen LogP contribution in [0.25, 0.3) is 0 Å². The summed E-state index contributed by atoms with van der Waals surface area (Å²) in [6.45, 7) is 2.26. The van der Waals surface area contributed by atoms with Crippen molar-refractivity contribution >= 4 is 5.91 Å². The van der Waals surface area contributed by atoms with Crippen LogP contribution in [-0.2, 0) is 9.63 Å². The van der Waals surface area contributed by atoms with Gasteiger partial charge in [0.2, 0.25) is 5.91 Å². The Balaban J connectivity index is 2.09. The molecule has 1 aliphatic rings. The van der Waals surface area contributed by atoms with E-state index >= 15 is 0 Å². The fraction of sp³-hybridized carbons (Fsp3) is 0.667. The molecule has 0 spiro atoms. The third-order valence-electron chi connectivity index (χ3n) is 2.07. The lowest BCUT2D eigenvalue weighted by Crippen LogP contribution is -2.37. The quantitative estimate of drug-likeness (QED) is 0.382. The Morgan fingerprint density at radius 1 is 1.75 bits per heavy atom. The van der Waals surface area contributed by atoms with Crippen molar-refractivity contribution in [3.05, 3.63) is 0 Å². The topological polar surface area (TPSA) is 38.3 Å². The van der Waals surface area contributed by atoms with Crippen LogP contribution < -0.4 is 5.48 Å². The second-order valence-corrected chi connectivity index (χ2v) is 3.23. The van der Waals surface area contributed by atoms with Gasteiger partial charge in [-0.15, -0.1) is 6.42 Å². The van der Waals surface area contributed by atoms with Crippen LogP contribution >= 0.6 is 0 Å². The summed E-state index contributed by atoms with van der Waals surface area (Å²) in [5.41, 5.74) is 2.32. The molecule has 1 amide bonds. The Morgan fingerprint density at radius 3 is 2.92 bits per heavy atom. The fourth-order valence-corrected chi connectivity index (χ4v) is 1.35. The predicted molar refractivity (Wildman–Crippen MR) is 44.8 cm³/mol. The molecule has 12 heavy (non-hydrogen) atoms. The number of hydrogen-bond acceptors (Lipinski definition) is 2. The summed E-state index contributed by atoms with van der Waals surface area (Å²) in [7, 11) is 0. The number of carbonyl (C=O) groups excluding carboxylic acids is 1. The summed E-state index contributed by atoms with van der Waals surface area (Å²) in [4.78, 5) is 15.8. The van der Waals surface area contributed by atoms with E-state index in [-0.39, 0.29) is 18.4 Å². The second kappa shape index (κ2) is 4.13. The SMILES string of the molecule is C#CCONC(=O)C1CC(C)C1. The highest BCUT2D eigenvalue weighted by Crippen LogP contribution is 2.32. The van der Waals surface area contributed by atoms with Crippen molar-refractivity contribution in [1.82, 2.24) is 5.48 Å². The minimum atomic E-state index is -0.0386. The van der Waals surface area contributed by atoms with Crippen LogP contribution in [0.5, 0.6) is 0 Å². The van der Waals surface area contributed by atoms with Gasteiger partial charge in [0, 0.05) is 5.92 Å². The van der Waals surface area contributed by atoms with Gasteiger partial charge in [0.05, 0.1) is 0 Å². The number of rotatable bonds is 3. The van der Waals surface area contributed by atoms with Crippen molar-refractivity contribution in [2.45, 2.75) is 19.8 Å². The summed E-state index contributed by atoms with van der Waals surface area (Å²) in [5.74, 6) is 3.04. The maximum atomic E-state index is 11.1. The Morgan fingerprint density at radius 2 is 2.42 bits per heavy atom. The molecule has 0 unspecified atom stereocenters. The average molecular weight is 167 g/mol. The van der Waals surface area contributed by atoms with Gasteiger partial charge in [-0.05, 0) is 18.8 Å². The zero-order chi connectivity index (χ0) is 8.97. The number of hydrogen-bond donors (Lipinski definition) is 1. The fourth-order valence-electron chi connectivity index (χ4n) is 1.35. The number of terminal acetylenes is 1. The van der Waals surface area contributed by atoms with Gasteiger partial charge in [0.25, 0.3) is 0 Å². The standard InChI is InChI=1S/C9H13NO2/c1-3-4-12-10-9(11)8-5-7(2)6-8/h1,7-8H,4-6H2,2H3,(H,10,11). The molecule has 0 aromatic heterocycles. The first-order valence-electron chi connectivity index (χ1n) is 4.09. The highest BCUT2D eigenvalue weighted by molar-refractivity contribution is 5.78. The average Bonchev–Trinajstić information content (AvgIpc) is 1.99. The van der Waals surface area contributed by atoms with Gasteiger partial charge < -0.3 is 0 Å². The minimum Gasteiger partial charge on any atom is -0.272 e. The molecule has 0 heterocycles. The molecule has 0 aromatic carbocycles. The summed E-state index contributed by atoms with van der Waals surface area (Å²) < 4.78 is 0. The van der Waals surface area contributed by atoms with Crippen molar-refractivity contribution in [2.24, 2.45) is 11.8 Å². The molecular formula is C9H13NO2. The number of carbonyl (C=O) groups is 1. The summed E-state index contributed by atoms with van der Waals surface area (Å²) in [5, 5.41) is 0. The third-order valence-corrected chi connectivity index (χ3v) is 2.07. The van der Waals surface area contributed by atoms with E-state index < -0.39 is 0 Å². The molecule has 1 fully saturated rings. The minimum absolute atomic E-state index is 0.0386. The van der Waals surface area contributed by atoms with E-state index in [4.69, 9.17) is 11.3 Å². The van der Waals surface area contributed by atoms with Crippen LogP contribution in [0.4, 0.5) is 0 Å². The third kappa shape index (κ3) is 2.24. The monoisotopic (exact) mass is 167 g/mol. The summed E-state index contributed by atoms with van der Waals surface area (Å²) in [6.07, 6.45) is 6.86. The van der Waals surface area contributed by atoms with E-state index in [1.165, 1.54) is 0 Å². The Kier molecular flexibility index (Phi) is 3.12. The van der Waals surface area contributed by atoms with Gasteiger partial charge in [-0.2, -0.15) is 0 Å². The number of amides is 1. The molecule has 3 heteroatoms. The maximum absolute atomic E-state index is 11.1. The Hall–Kier alpha value is -1.01. The molecule has 66 valence electrons. The van der Waals surface area contributed by atoms with Gasteiger partial charge in [0.1, 0.15) is 6.61 Å². The molecule has 1 N–H and O–H groups in total. The van der Waals surface area contributed by atoms with Gasteiger partial charge >= 0.3 is 0 Å². The van der Waals surface area contributed by atoms with Crippen molar-refractivity contribution in [3.63, 3.8) is 0 Å².